The molecule has 0 bridgehead atoms. The van der Waals surface area contributed by atoms with E-state index in [0.29, 0.717) is 16.6 Å². The molecule has 0 radical (unpaired) electrons. The predicted octanol–water partition coefficient (Wildman–Crippen LogP) is 4.36. The van der Waals surface area contributed by atoms with E-state index in [-0.39, 0.29) is 0 Å². The van der Waals surface area contributed by atoms with Gasteiger partial charge in [-0.1, -0.05) is 29.4 Å². The smallest absolute Gasteiger partial charge is 0.326 e. The summed E-state index contributed by atoms with van der Waals surface area (Å²) in [7, 11) is 0. The molecular formula is C13H10ClF3N2S. The standard InChI is InChI=1S/C13H10ClF3N2S/c14-10-5-8(6-18)1-3-11(10)20-12-4-2-9(7-19-12)13(15,16)17/h1-5,7H,6,18H2. The molecule has 0 spiro atoms. The minimum atomic E-state index is -4.38. The summed E-state index contributed by atoms with van der Waals surface area (Å²) in [6.07, 6.45) is -3.57. The number of nitrogens with two attached hydrogens (primary N) is 1. The fourth-order valence-electron chi connectivity index (χ4n) is 1.48. The number of pyridine rings is 1. The maximum absolute atomic E-state index is 12.4. The molecule has 2 aromatic rings. The Morgan fingerprint density at radius 1 is 1.20 bits per heavy atom. The van der Waals surface area contributed by atoms with Crippen molar-refractivity contribution in [2.45, 2.75) is 22.6 Å². The molecule has 0 fully saturated rings. The molecule has 1 heterocycles. The molecule has 1 aromatic heterocycles. The molecule has 2 rings (SSSR count). The Morgan fingerprint density at radius 3 is 2.45 bits per heavy atom. The van der Waals surface area contributed by atoms with Gasteiger partial charge < -0.3 is 5.73 Å². The average Bonchev–Trinajstić information content (AvgIpc) is 2.40. The maximum atomic E-state index is 12.4. The van der Waals surface area contributed by atoms with Crippen LogP contribution in [0.4, 0.5) is 13.2 Å². The summed E-state index contributed by atoms with van der Waals surface area (Å²) in [5.41, 5.74) is 5.61. The highest BCUT2D eigenvalue weighted by molar-refractivity contribution is 7.99. The van der Waals surface area contributed by atoms with Crippen LogP contribution in [0.3, 0.4) is 0 Å². The number of halogens is 4. The van der Waals surface area contributed by atoms with E-state index in [0.717, 1.165) is 22.7 Å². The molecule has 0 atom stereocenters. The van der Waals surface area contributed by atoms with Crippen LogP contribution in [-0.2, 0) is 12.7 Å². The van der Waals surface area contributed by atoms with E-state index in [1.165, 1.54) is 17.8 Å². The molecule has 0 aliphatic carbocycles. The molecule has 1 aromatic carbocycles. The second-order valence-corrected chi connectivity index (χ2v) is 5.42. The highest BCUT2D eigenvalue weighted by atomic mass is 35.5. The topological polar surface area (TPSA) is 38.9 Å². The van der Waals surface area contributed by atoms with Crippen LogP contribution in [-0.4, -0.2) is 4.98 Å². The van der Waals surface area contributed by atoms with Crippen molar-refractivity contribution < 1.29 is 13.2 Å². The largest absolute Gasteiger partial charge is 0.417 e. The van der Waals surface area contributed by atoms with Crippen LogP contribution in [0.1, 0.15) is 11.1 Å². The normalized spacial score (nSPS) is 11.7. The van der Waals surface area contributed by atoms with Crippen LogP contribution >= 0.6 is 23.4 Å². The number of hydrogen-bond donors (Lipinski definition) is 1. The van der Waals surface area contributed by atoms with Crippen molar-refractivity contribution in [1.29, 1.82) is 0 Å². The first-order valence-corrected chi connectivity index (χ1v) is 6.79. The number of nitrogens with zero attached hydrogens (tertiary/aromatic N) is 1. The van der Waals surface area contributed by atoms with Crippen molar-refractivity contribution in [2.75, 3.05) is 0 Å². The quantitative estimate of drug-likeness (QED) is 0.913. The van der Waals surface area contributed by atoms with E-state index >= 15 is 0 Å². The first-order valence-electron chi connectivity index (χ1n) is 5.60. The molecule has 0 aliphatic rings. The van der Waals surface area contributed by atoms with Gasteiger partial charge >= 0.3 is 6.18 Å². The third-order valence-corrected chi connectivity index (χ3v) is 3.96. The highest BCUT2D eigenvalue weighted by Crippen LogP contribution is 2.34. The summed E-state index contributed by atoms with van der Waals surface area (Å²) in [6, 6.07) is 7.64. The summed E-state index contributed by atoms with van der Waals surface area (Å²) >= 11 is 7.28. The number of aromatic nitrogens is 1. The molecular weight excluding hydrogens is 309 g/mol. The zero-order chi connectivity index (χ0) is 14.8. The van der Waals surface area contributed by atoms with Crippen LogP contribution < -0.4 is 5.73 Å². The van der Waals surface area contributed by atoms with Crippen molar-refractivity contribution in [1.82, 2.24) is 4.98 Å². The predicted molar refractivity (Wildman–Crippen MR) is 72.7 cm³/mol. The summed E-state index contributed by atoms with van der Waals surface area (Å²) in [6.45, 7) is 0.378. The second kappa shape index (κ2) is 6.03. The lowest BCUT2D eigenvalue weighted by Crippen LogP contribution is -2.05. The van der Waals surface area contributed by atoms with Crippen LogP contribution in [0, 0.1) is 0 Å². The van der Waals surface area contributed by atoms with E-state index in [2.05, 4.69) is 4.98 Å². The van der Waals surface area contributed by atoms with E-state index in [1.807, 2.05) is 6.07 Å². The van der Waals surface area contributed by atoms with Gasteiger partial charge in [0.25, 0.3) is 0 Å². The van der Waals surface area contributed by atoms with Gasteiger partial charge in [-0.2, -0.15) is 13.2 Å². The summed E-state index contributed by atoms with van der Waals surface area (Å²) in [5.74, 6) is 0. The Kier molecular flexibility index (Phi) is 4.57. The summed E-state index contributed by atoms with van der Waals surface area (Å²) in [5, 5.41) is 0.944. The molecule has 2 nitrogen and oxygen atoms in total. The van der Waals surface area contributed by atoms with Gasteiger partial charge in [-0.05, 0) is 29.8 Å². The second-order valence-electron chi connectivity index (χ2n) is 3.95. The number of benzene rings is 1. The molecule has 0 unspecified atom stereocenters. The Hall–Kier alpha value is -1.24. The fourth-order valence-corrected chi connectivity index (χ4v) is 2.55. The molecule has 106 valence electrons. The summed E-state index contributed by atoms with van der Waals surface area (Å²) < 4.78 is 37.2. The van der Waals surface area contributed by atoms with Crippen LogP contribution in [0.2, 0.25) is 5.02 Å². The molecule has 20 heavy (non-hydrogen) atoms. The van der Waals surface area contributed by atoms with Gasteiger partial charge in [-0.15, -0.1) is 0 Å². The van der Waals surface area contributed by atoms with Gasteiger partial charge in [0.1, 0.15) is 5.03 Å². The third-order valence-electron chi connectivity index (χ3n) is 2.51. The molecule has 0 saturated heterocycles. The zero-order valence-corrected chi connectivity index (χ0v) is 11.7. The minimum Gasteiger partial charge on any atom is -0.326 e. The van der Waals surface area contributed by atoms with Crippen LogP contribution in [0.15, 0.2) is 46.5 Å². The number of rotatable bonds is 3. The van der Waals surface area contributed by atoms with E-state index in [1.54, 1.807) is 12.1 Å². The lowest BCUT2D eigenvalue weighted by Gasteiger charge is -2.08. The molecule has 2 N–H and O–H groups in total. The van der Waals surface area contributed by atoms with Gasteiger partial charge in [0.2, 0.25) is 0 Å². The van der Waals surface area contributed by atoms with Gasteiger partial charge in [0.15, 0.2) is 0 Å². The summed E-state index contributed by atoms with van der Waals surface area (Å²) in [4.78, 5) is 4.50. The number of alkyl halides is 3. The average molecular weight is 319 g/mol. The Balaban J connectivity index is 2.18. The van der Waals surface area contributed by atoms with Gasteiger partial charge in [-0.25, -0.2) is 4.98 Å². The van der Waals surface area contributed by atoms with Crippen molar-refractivity contribution in [3.8, 4) is 0 Å². The molecule has 0 aliphatic heterocycles. The van der Waals surface area contributed by atoms with Crippen molar-refractivity contribution in [3.05, 3.63) is 52.7 Å². The van der Waals surface area contributed by atoms with Crippen molar-refractivity contribution >= 4 is 23.4 Å². The SMILES string of the molecule is NCc1ccc(Sc2ccc(C(F)(F)F)cn2)c(Cl)c1. The Bertz CT molecular complexity index is 600. The molecule has 0 saturated carbocycles. The van der Waals surface area contributed by atoms with Crippen molar-refractivity contribution in [2.24, 2.45) is 5.73 Å². The minimum absolute atomic E-state index is 0.378. The van der Waals surface area contributed by atoms with Crippen LogP contribution in [0.5, 0.6) is 0 Å². The lowest BCUT2D eigenvalue weighted by atomic mass is 10.2. The monoisotopic (exact) mass is 318 g/mol. The van der Waals surface area contributed by atoms with Crippen LogP contribution in [0.25, 0.3) is 0 Å². The Labute approximate surface area is 123 Å². The van der Waals surface area contributed by atoms with E-state index in [9.17, 15) is 13.2 Å². The number of hydrogen-bond acceptors (Lipinski definition) is 3. The molecule has 0 amide bonds. The molecule has 7 heteroatoms. The maximum Gasteiger partial charge on any atom is 0.417 e. The fraction of sp³-hybridized carbons (Fsp3) is 0.154. The van der Waals surface area contributed by atoms with Crippen molar-refractivity contribution in [3.63, 3.8) is 0 Å². The Morgan fingerprint density at radius 2 is 1.95 bits per heavy atom. The first kappa shape index (κ1) is 15.2. The first-order chi connectivity index (χ1) is 9.40. The van der Waals surface area contributed by atoms with E-state index < -0.39 is 11.7 Å². The van der Waals surface area contributed by atoms with Gasteiger partial charge in [-0.3, -0.25) is 0 Å². The zero-order valence-electron chi connectivity index (χ0n) is 10.1. The third kappa shape index (κ3) is 3.65. The van der Waals surface area contributed by atoms with Gasteiger partial charge in [0, 0.05) is 17.6 Å². The van der Waals surface area contributed by atoms with Gasteiger partial charge in [0.05, 0.1) is 10.6 Å². The van der Waals surface area contributed by atoms with E-state index in [4.69, 9.17) is 17.3 Å². The highest BCUT2D eigenvalue weighted by Gasteiger charge is 2.30. The lowest BCUT2D eigenvalue weighted by molar-refractivity contribution is -0.137.